The molecule has 15 heavy (non-hydrogen) atoms. The molecule has 1 aliphatic rings. The van der Waals surface area contributed by atoms with Gasteiger partial charge in [0.15, 0.2) is 11.5 Å². The summed E-state index contributed by atoms with van der Waals surface area (Å²) in [4.78, 5) is 11.4. The maximum atomic E-state index is 11.4. The van der Waals surface area contributed by atoms with E-state index in [4.69, 9.17) is 9.15 Å². The number of carbonyl (C=O) groups is 1. The zero-order valence-electron chi connectivity index (χ0n) is 9.26. The Balaban J connectivity index is 2.31. The summed E-state index contributed by atoms with van der Waals surface area (Å²) in [6.07, 6.45) is 3.12. The zero-order valence-corrected chi connectivity index (χ0v) is 9.26. The number of ketones is 1. The fourth-order valence-corrected chi connectivity index (χ4v) is 2.14. The maximum Gasteiger partial charge on any atom is 0.195 e. The summed E-state index contributed by atoms with van der Waals surface area (Å²) >= 11 is 0. The third-order valence-electron chi connectivity index (χ3n) is 2.81. The van der Waals surface area contributed by atoms with Crippen LogP contribution in [0.3, 0.4) is 0 Å². The van der Waals surface area contributed by atoms with E-state index in [9.17, 15) is 4.79 Å². The van der Waals surface area contributed by atoms with Crippen LogP contribution >= 0.6 is 0 Å². The summed E-state index contributed by atoms with van der Waals surface area (Å²) in [5.41, 5.74) is 2.34. The summed E-state index contributed by atoms with van der Waals surface area (Å²) in [5, 5.41) is 0. The number of rotatable bonds is 4. The number of hydrogen-bond acceptors (Lipinski definition) is 3. The Bertz CT molecular complexity index is 376. The Morgan fingerprint density at radius 3 is 2.80 bits per heavy atom. The monoisotopic (exact) mass is 208 g/mol. The molecule has 0 aromatic carbocycles. The molecule has 0 N–H and O–H groups in total. The maximum absolute atomic E-state index is 11.4. The van der Waals surface area contributed by atoms with Crippen LogP contribution in [0.1, 0.15) is 47.7 Å². The Kier molecular flexibility index (Phi) is 2.91. The van der Waals surface area contributed by atoms with Crippen molar-refractivity contribution in [3.8, 4) is 0 Å². The van der Waals surface area contributed by atoms with E-state index in [1.807, 2.05) is 6.92 Å². The summed E-state index contributed by atoms with van der Waals surface area (Å²) < 4.78 is 10.9. The van der Waals surface area contributed by atoms with Gasteiger partial charge in [-0.25, -0.2) is 0 Å². The van der Waals surface area contributed by atoms with Crippen LogP contribution in [0.25, 0.3) is 0 Å². The van der Waals surface area contributed by atoms with Gasteiger partial charge in [-0.2, -0.15) is 0 Å². The molecule has 0 saturated heterocycles. The summed E-state index contributed by atoms with van der Waals surface area (Å²) in [7, 11) is 0. The van der Waals surface area contributed by atoms with Crippen molar-refractivity contribution in [2.75, 3.05) is 6.61 Å². The Hall–Kier alpha value is -1.09. The van der Waals surface area contributed by atoms with Gasteiger partial charge in [0.2, 0.25) is 0 Å². The van der Waals surface area contributed by atoms with Gasteiger partial charge in [-0.3, -0.25) is 4.79 Å². The standard InChI is InChI=1S/C12H16O3/c1-3-14-7-11-9-5-4-6-10(9)12(15-11)8(2)13/h3-7H2,1-2H3. The van der Waals surface area contributed by atoms with Crippen LogP contribution in [0, 0.1) is 0 Å². The highest BCUT2D eigenvalue weighted by atomic mass is 16.5. The largest absolute Gasteiger partial charge is 0.455 e. The summed E-state index contributed by atoms with van der Waals surface area (Å²) in [5.74, 6) is 1.43. The first-order valence-electron chi connectivity index (χ1n) is 5.46. The molecule has 0 atom stereocenters. The third kappa shape index (κ3) is 1.84. The predicted octanol–water partition coefficient (Wildman–Crippen LogP) is 2.51. The minimum atomic E-state index is 0.0240. The Morgan fingerprint density at radius 1 is 1.40 bits per heavy atom. The van der Waals surface area contributed by atoms with Crippen molar-refractivity contribution < 1.29 is 13.9 Å². The van der Waals surface area contributed by atoms with E-state index >= 15 is 0 Å². The highest BCUT2D eigenvalue weighted by Gasteiger charge is 2.25. The fraction of sp³-hybridized carbons (Fsp3) is 0.583. The van der Waals surface area contributed by atoms with Crippen molar-refractivity contribution in [1.29, 1.82) is 0 Å². The smallest absolute Gasteiger partial charge is 0.195 e. The minimum Gasteiger partial charge on any atom is -0.455 e. The van der Waals surface area contributed by atoms with Gasteiger partial charge in [-0.05, 0) is 31.7 Å². The van der Waals surface area contributed by atoms with Crippen LogP contribution in [-0.2, 0) is 24.2 Å². The number of furan rings is 1. The first kappa shape index (κ1) is 10.4. The molecule has 0 spiro atoms. The first-order valence-corrected chi connectivity index (χ1v) is 5.46. The second-order valence-corrected chi connectivity index (χ2v) is 3.86. The average Bonchev–Trinajstić information content (AvgIpc) is 2.75. The molecule has 0 fully saturated rings. The summed E-state index contributed by atoms with van der Waals surface area (Å²) in [6.45, 7) is 4.67. The average molecular weight is 208 g/mol. The van der Waals surface area contributed by atoms with Crippen molar-refractivity contribution in [3.05, 3.63) is 22.6 Å². The fourth-order valence-electron chi connectivity index (χ4n) is 2.14. The molecule has 0 saturated carbocycles. The second-order valence-electron chi connectivity index (χ2n) is 3.86. The van der Waals surface area contributed by atoms with Gasteiger partial charge in [-0.15, -0.1) is 0 Å². The van der Waals surface area contributed by atoms with E-state index in [2.05, 4.69) is 0 Å². The Morgan fingerprint density at radius 2 is 2.13 bits per heavy atom. The molecule has 1 aromatic rings. The van der Waals surface area contributed by atoms with Crippen LogP contribution in [0.2, 0.25) is 0 Å². The lowest BCUT2D eigenvalue weighted by Crippen LogP contribution is -1.93. The molecular formula is C12H16O3. The third-order valence-corrected chi connectivity index (χ3v) is 2.81. The number of Topliss-reactive ketones (excluding diaryl/α,β-unsaturated/α-hetero) is 1. The van der Waals surface area contributed by atoms with E-state index in [-0.39, 0.29) is 5.78 Å². The van der Waals surface area contributed by atoms with Crippen LogP contribution in [0.4, 0.5) is 0 Å². The molecule has 0 aliphatic heterocycles. The molecule has 2 rings (SSSR count). The molecule has 0 amide bonds. The van der Waals surface area contributed by atoms with E-state index in [1.165, 1.54) is 5.56 Å². The van der Waals surface area contributed by atoms with Crippen molar-refractivity contribution in [3.63, 3.8) is 0 Å². The van der Waals surface area contributed by atoms with Gasteiger partial charge in [0.25, 0.3) is 0 Å². The van der Waals surface area contributed by atoms with Crippen LogP contribution < -0.4 is 0 Å². The number of hydrogen-bond donors (Lipinski definition) is 0. The SMILES string of the molecule is CCOCc1oc(C(C)=O)c2c1CCC2. The summed E-state index contributed by atoms with van der Waals surface area (Å²) in [6, 6.07) is 0. The minimum absolute atomic E-state index is 0.0240. The van der Waals surface area contributed by atoms with Crippen molar-refractivity contribution in [2.45, 2.75) is 39.7 Å². The van der Waals surface area contributed by atoms with Gasteiger partial charge in [-0.1, -0.05) is 0 Å². The highest BCUT2D eigenvalue weighted by Crippen LogP contribution is 2.31. The quantitative estimate of drug-likeness (QED) is 0.714. The normalized spacial score (nSPS) is 14.3. The molecular weight excluding hydrogens is 192 g/mol. The first-order chi connectivity index (χ1) is 7.24. The Labute approximate surface area is 89.4 Å². The molecule has 0 bridgehead atoms. The van der Waals surface area contributed by atoms with Gasteiger partial charge in [0.1, 0.15) is 12.4 Å². The van der Waals surface area contributed by atoms with Gasteiger partial charge < -0.3 is 9.15 Å². The van der Waals surface area contributed by atoms with Crippen molar-refractivity contribution in [2.24, 2.45) is 0 Å². The lowest BCUT2D eigenvalue weighted by molar-refractivity contribution is 0.0961. The molecule has 1 aliphatic carbocycles. The molecule has 82 valence electrons. The van der Waals surface area contributed by atoms with Crippen molar-refractivity contribution in [1.82, 2.24) is 0 Å². The molecule has 3 heteroatoms. The molecule has 1 heterocycles. The van der Waals surface area contributed by atoms with Gasteiger partial charge in [0.05, 0.1) is 0 Å². The van der Waals surface area contributed by atoms with E-state index in [1.54, 1.807) is 6.92 Å². The van der Waals surface area contributed by atoms with E-state index in [0.29, 0.717) is 19.0 Å². The van der Waals surface area contributed by atoms with Crippen LogP contribution in [0.5, 0.6) is 0 Å². The topological polar surface area (TPSA) is 39.4 Å². The number of ether oxygens (including phenoxy) is 1. The van der Waals surface area contributed by atoms with Crippen LogP contribution in [0.15, 0.2) is 4.42 Å². The van der Waals surface area contributed by atoms with Crippen molar-refractivity contribution >= 4 is 5.78 Å². The molecule has 3 nitrogen and oxygen atoms in total. The number of carbonyl (C=O) groups excluding carboxylic acids is 1. The van der Waals surface area contributed by atoms with Gasteiger partial charge in [0, 0.05) is 19.1 Å². The lowest BCUT2D eigenvalue weighted by atomic mass is 10.1. The molecule has 0 unspecified atom stereocenters. The zero-order chi connectivity index (χ0) is 10.8. The van der Waals surface area contributed by atoms with Gasteiger partial charge >= 0.3 is 0 Å². The van der Waals surface area contributed by atoms with Crippen LogP contribution in [-0.4, -0.2) is 12.4 Å². The number of fused-ring (bicyclic) bond motifs is 1. The van der Waals surface area contributed by atoms with E-state index < -0.39 is 0 Å². The van der Waals surface area contributed by atoms with E-state index in [0.717, 1.165) is 30.6 Å². The lowest BCUT2D eigenvalue weighted by Gasteiger charge is -1.99. The second kappa shape index (κ2) is 4.19. The predicted molar refractivity (Wildman–Crippen MR) is 56.1 cm³/mol. The highest BCUT2D eigenvalue weighted by molar-refractivity contribution is 5.93. The molecule has 1 aromatic heterocycles. The molecule has 0 radical (unpaired) electrons.